The van der Waals surface area contributed by atoms with E-state index in [0.29, 0.717) is 30.5 Å². The Balaban J connectivity index is 2.04. The number of carbonyl (C=O) groups is 1. The highest BCUT2D eigenvalue weighted by atomic mass is 16.3. The predicted molar refractivity (Wildman–Crippen MR) is 75.3 cm³/mol. The number of anilines is 1. The Hall–Kier alpha value is -2.63. The topological polar surface area (TPSA) is 80.0 Å². The van der Waals surface area contributed by atoms with Crippen LogP contribution >= 0.6 is 0 Å². The summed E-state index contributed by atoms with van der Waals surface area (Å²) in [6.07, 6.45) is 3.26. The minimum atomic E-state index is -0.270. The second-order valence-electron chi connectivity index (χ2n) is 4.15. The lowest BCUT2D eigenvalue weighted by Crippen LogP contribution is -2.24. The number of hydrogen-bond acceptors (Lipinski definition) is 5. The number of carbonyl (C=O) groups excluding carboxylic acids is 1. The highest BCUT2D eigenvalue weighted by Gasteiger charge is 2.10. The van der Waals surface area contributed by atoms with Crippen LogP contribution in [-0.4, -0.2) is 22.4 Å². The fraction of sp³-hybridized carbons (Fsp3) is 0.214. The monoisotopic (exact) mass is 272 g/mol. The number of nitrogens with one attached hydrogen (secondary N) is 2. The van der Waals surface area contributed by atoms with Gasteiger partial charge in [-0.05, 0) is 25.1 Å². The Bertz CT molecular complexity index is 593. The fourth-order valence-corrected chi connectivity index (χ4v) is 1.60. The highest BCUT2D eigenvalue weighted by molar-refractivity contribution is 5.92. The summed E-state index contributed by atoms with van der Waals surface area (Å²) in [6.45, 7) is 6.28. The Morgan fingerprint density at radius 1 is 1.50 bits per heavy atom. The van der Waals surface area contributed by atoms with Crippen LogP contribution in [0.1, 0.15) is 21.9 Å². The molecule has 2 aromatic rings. The SMILES string of the molecule is C=CCNc1nc(C)cc(C(=O)NCc2ccco2)n1. The molecule has 6 nitrogen and oxygen atoms in total. The van der Waals surface area contributed by atoms with Gasteiger partial charge in [0.25, 0.3) is 5.91 Å². The van der Waals surface area contributed by atoms with Crippen molar-refractivity contribution in [3.63, 3.8) is 0 Å². The first kappa shape index (κ1) is 13.8. The molecule has 0 spiro atoms. The molecule has 0 aliphatic heterocycles. The van der Waals surface area contributed by atoms with Crippen molar-refractivity contribution in [3.8, 4) is 0 Å². The summed E-state index contributed by atoms with van der Waals surface area (Å²) < 4.78 is 5.15. The Morgan fingerprint density at radius 3 is 3.05 bits per heavy atom. The Morgan fingerprint density at radius 2 is 2.35 bits per heavy atom. The molecule has 0 saturated carbocycles. The van der Waals surface area contributed by atoms with Gasteiger partial charge < -0.3 is 15.1 Å². The van der Waals surface area contributed by atoms with Crippen molar-refractivity contribution < 1.29 is 9.21 Å². The Kier molecular flexibility index (Phi) is 4.49. The molecular formula is C14H16N4O2. The molecule has 0 aliphatic carbocycles. The van der Waals surface area contributed by atoms with Gasteiger partial charge in [-0.3, -0.25) is 4.79 Å². The quantitative estimate of drug-likeness (QED) is 0.785. The van der Waals surface area contributed by atoms with Gasteiger partial charge in [0.15, 0.2) is 0 Å². The second-order valence-corrected chi connectivity index (χ2v) is 4.15. The van der Waals surface area contributed by atoms with Crippen LogP contribution in [0.3, 0.4) is 0 Å². The number of hydrogen-bond donors (Lipinski definition) is 2. The van der Waals surface area contributed by atoms with Crippen LogP contribution < -0.4 is 10.6 Å². The summed E-state index contributed by atoms with van der Waals surface area (Å²) in [5.74, 6) is 0.829. The van der Waals surface area contributed by atoms with Crippen LogP contribution in [0.25, 0.3) is 0 Å². The third-order valence-electron chi connectivity index (χ3n) is 2.49. The van der Waals surface area contributed by atoms with E-state index in [1.807, 2.05) is 6.92 Å². The maximum Gasteiger partial charge on any atom is 0.270 e. The number of furan rings is 1. The van der Waals surface area contributed by atoms with E-state index >= 15 is 0 Å². The zero-order valence-electron chi connectivity index (χ0n) is 11.2. The van der Waals surface area contributed by atoms with Crippen molar-refractivity contribution >= 4 is 11.9 Å². The molecule has 2 aromatic heterocycles. The molecule has 104 valence electrons. The minimum Gasteiger partial charge on any atom is -0.467 e. The van der Waals surface area contributed by atoms with E-state index in [1.54, 1.807) is 30.5 Å². The number of amides is 1. The van der Waals surface area contributed by atoms with Gasteiger partial charge >= 0.3 is 0 Å². The van der Waals surface area contributed by atoms with Gasteiger partial charge in [-0.1, -0.05) is 6.08 Å². The number of aromatic nitrogens is 2. The standard InChI is InChI=1S/C14H16N4O2/c1-3-6-15-14-17-10(2)8-12(18-14)13(19)16-9-11-5-4-7-20-11/h3-5,7-8H,1,6,9H2,2H3,(H,16,19)(H,15,17,18). The van der Waals surface area contributed by atoms with Gasteiger partial charge in [-0.15, -0.1) is 6.58 Å². The van der Waals surface area contributed by atoms with Crippen molar-refractivity contribution in [1.29, 1.82) is 0 Å². The average molecular weight is 272 g/mol. The van der Waals surface area contributed by atoms with Crippen molar-refractivity contribution in [1.82, 2.24) is 15.3 Å². The molecule has 2 rings (SSSR count). The molecule has 20 heavy (non-hydrogen) atoms. The summed E-state index contributed by atoms with van der Waals surface area (Å²) in [4.78, 5) is 20.4. The van der Waals surface area contributed by atoms with Crippen LogP contribution in [0.5, 0.6) is 0 Å². The zero-order valence-corrected chi connectivity index (χ0v) is 11.2. The smallest absolute Gasteiger partial charge is 0.270 e. The Labute approximate surface area is 116 Å². The summed E-state index contributed by atoms with van der Waals surface area (Å²) in [6, 6.07) is 5.20. The molecule has 0 bridgehead atoms. The van der Waals surface area contributed by atoms with Crippen LogP contribution in [0.4, 0.5) is 5.95 Å². The minimum absolute atomic E-state index is 0.270. The molecule has 0 aliphatic rings. The zero-order chi connectivity index (χ0) is 14.4. The highest BCUT2D eigenvalue weighted by Crippen LogP contribution is 2.06. The van der Waals surface area contributed by atoms with Gasteiger partial charge in [0.05, 0.1) is 12.8 Å². The van der Waals surface area contributed by atoms with Crippen molar-refractivity contribution in [2.75, 3.05) is 11.9 Å². The van der Waals surface area contributed by atoms with Gasteiger partial charge in [-0.25, -0.2) is 9.97 Å². The van der Waals surface area contributed by atoms with Crippen LogP contribution in [0.15, 0.2) is 41.5 Å². The van der Waals surface area contributed by atoms with E-state index in [4.69, 9.17) is 4.42 Å². The van der Waals surface area contributed by atoms with Crippen molar-refractivity contribution in [3.05, 3.63) is 54.3 Å². The first-order valence-electron chi connectivity index (χ1n) is 6.20. The van der Waals surface area contributed by atoms with Gasteiger partial charge in [0, 0.05) is 12.2 Å². The third kappa shape index (κ3) is 3.68. The van der Waals surface area contributed by atoms with Crippen molar-refractivity contribution in [2.24, 2.45) is 0 Å². The van der Waals surface area contributed by atoms with E-state index in [-0.39, 0.29) is 5.91 Å². The van der Waals surface area contributed by atoms with Crippen LogP contribution in [0, 0.1) is 6.92 Å². The van der Waals surface area contributed by atoms with Crippen LogP contribution in [0.2, 0.25) is 0 Å². The normalized spacial score (nSPS) is 10.1. The molecule has 6 heteroatoms. The van der Waals surface area contributed by atoms with Gasteiger partial charge in [0.1, 0.15) is 11.5 Å². The van der Waals surface area contributed by atoms with E-state index < -0.39 is 0 Å². The lowest BCUT2D eigenvalue weighted by Gasteiger charge is -2.07. The van der Waals surface area contributed by atoms with E-state index in [9.17, 15) is 4.79 Å². The second kappa shape index (κ2) is 6.51. The summed E-state index contributed by atoms with van der Waals surface area (Å²) in [7, 11) is 0. The predicted octanol–water partition coefficient (Wildman–Crippen LogP) is 1.91. The maximum absolute atomic E-state index is 12.0. The number of aryl methyl sites for hydroxylation is 1. The van der Waals surface area contributed by atoms with E-state index in [2.05, 4.69) is 27.2 Å². The molecule has 0 aromatic carbocycles. The molecule has 0 atom stereocenters. The van der Waals surface area contributed by atoms with Crippen LogP contribution in [-0.2, 0) is 6.54 Å². The van der Waals surface area contributed by atoms with E-state index in [0.717, 1.165) is 5.69 Å². The lowest BCUT2D eigenvalue weighted by molar-refractivity contribution is 0.0943. The van der Waals surface area contributed by atoms with Crippen molar-refractivity contribution in [2.45, 2.75) is 13.5 Å². The number of nitrogens with zero attached hydrogens (tertiary/aromatic N) is 2. The lowest BCUT2D eigenvalue weighted by atomic mass is 10.3. The summed E-state index contributed by atoms with van der Waals surface area (Å²) in [5, 5.41) is 5.70. The molecule has 0 saturated heterocycles. The third-order valence-corrected chi connectivity index (χ3v) is 2.49. The number of rotatable bonds is 6. The largest absolute Gasteiger partial charge is 0.467 e. The molecule has 0 radical (unpaired) electrons. The molecule has 1 amide bonds. The maximum atomic E-state index is 12.0. The van der Waals surface area contributed by atoms with Gasteiger partial charge in [-0.2, -0.15) is 0 Å². The average Bonchev–Trinajstić information content (AvgIpc) is 2.95. The molecule has 0 fully saturated rings. The van der Waals surface area contributed by atoms with E-state index in [1.165, 1.54) is 0 Å². The summed E-state index contributed by atoms with van der Waals surface area (Å²) in [5.41, 5.74) is 1.03. The fourth-order valence-electron chi connectivity index (χ4n) is 1.60. The molecular weight excluding hydrogens is 256 g/mol. The molecule has 2 N–H and O–H groups in total. The first-order valence-corrected chi connectivity index (χ1v) is 6.20. The van der Waals surface area contributed by atoms with Gasteiger partial charge in [0.2, 0.25) is 5.95 Å². The molecule has 0 unspecified atom stereocenters. The summed E-state index contributed by atoms with van der Waals surface area (Å²) >= 11 is 0. The first-order chi connectivity index (χ1) is 9.69. The molecule has 2 heterocycles.